The van der Waals surface area contributed by atoms with Gasteiger partial charge in [-0.3, -0.25) is 0 Å². The maximum atomic E-state index is 11.7. The van der Waals surface area contributed by atoms with Gasteiger partial charge >= 0.3 is 6.03 Å². The fourth-order valence-corrected chi connectivity index (χ4v) is 1.80. The van der Waals surface area contributed by atoms with E-state index in [1.54, 1.807) is 24.5 Å². The Hall–Kier alpha value is -1.94. The number of nitrogens with one attached hydrogen (secondary N) is 2. The molecule has 1 aromatic carbocycles. The van der Waals surface area contributed by atoms with Crippen LogP contribution in [0.25, 0.3) is 0 Å². The van der Waals surface area contributed by atoms with E-state index in [4.69, 9.17) is 16.0 Å². The number of aryl methyl sites for hydroxylation is 1. The highest BCUT2D eigenvalue weighted by Crippen LogP contribution is 2.24. The van der Waals surface area contributed by atoms with Gasteiger partial charge in [0.05, 0.1) is 23.5 Å². The van der Waals surface area contributed by atoms with Gasteiger partial charge in [-0.05, 0) is 30.7 Å². The van der Waals surface area contributed by atoms with Crippen LogP contribution in [0.3, 0.4) is 0 Å². The molecule has 0 spiro atoms. The lowest BCUT2D eigenvalue weighted by Gasteiger charge is -2.10. The van der Waals surface area contributed by atoms with Crippen molar-refractivity contribution in [2.75, 3.05) is 5.32 Å². The number of para-hydroxylation sites is 1. The number of urea groups is 1. The molecule has 94 valence electrons. The molecular weight excluding hydrogens is 252 g/mol. The Morgan fingerprint density at radius 1 is 1.33 bits per heavy atom. The largest absolute Gasteiger partial charge is 0.467 e. The van der Waals surface area contributed by atoms with Crippen molar-refractivity contribution < 1.29 is 9.21 Å². The van der Waals surface area contributed by atoms with Crippen molar-refractivity contribution in [3.63, 3.8) is 0 Å². The molecule has 0 saturated carbocycles. The molecule has 2 N–H and O–H groups in total. The Labute approximate surface area is 110 Å². The zero-order valence-corrected chi connectivity index (χ0v) is 10.6. The number of hydrogen-bond donors (Lipinski definition) is 2. The van der Waals surface area contributed by atoms with Crippen LogP contribution >= 0.6 is 11.6 Å². The fourth-order valence-electron chi connectivity index (χ4n) is 1.53. The lowest BCUT2D eigenvalue weighted by molar-refractivity contribution is 0.251. The number of carbonyl (C=O) groups excluding carboxylic acids is 1. The molecule has 5 heteroatoms. The fraction of sp³-hybridized carbons (Fsp3) is 0.154. The minimum Gasteiger partial charge on any atom is -0.467 e. The summed E-state index contributed by atoms with van der Waals surface area (Å²) in [6.45, 7) is 2.22. The van der Waals surface area contributed by atoms with Gasteiger partial charge in [0.25, 0.3) is 0 Å². The number of hydrogen-bond acceptors (Lipinski definition) is 2. The summed E-state index contributed by atoms with van der Waals surface area (Å²) >= 11 is 6.01. The smallest absolute Gasteiger partial charge is 0.319 e. The van der Waals surface area contributed by atoms with Gasteiger partial charge < -0.3 is 15.1 Å². The van der Waals surface area contributed by atoms with Crippen molar-refractivity contribution in [1.82, 2.24) is 5.32 Å². The van der Waals surface area contributed by atoms with Crippen molar-refractivity contribution in [2.45, 2.75) is 13.5 Å². The van der Waals surface area contributed by atoms with Crippen molar-refractivity contribution in [3.05, 3.63) is 52.9 Å². The van der Waals surface area contributed by atoms with Crippen LogP contribution < -0.4 is 10.6 Å². The number of benzene rings is 1. The molecule has 2 amide bonds. The summed E-state index contributed by atoms with van der Waals surface area (Å²) in [4.78, 5) is 11.7. The topological polar surface area (TPSA) is 54.3 Å². The van der Waals surface area contributed by atoms with E-state index >= 15 is 0 Å². The van der Waals surface area contributed by atoms with Crippen LogP contribution in [-0.2, 0) is 6.54 Å². The quantitative estimate of drug-likeness (QED) is 0.891. The molecule has 0 aliphatic rings. The minimum absolute atomic E-state index is 0.317. The Morgan fingerprint density at radius 3 is 2.83 bits per heavy atom. The summed E-state index contributed by atoms with van der Waals surface area (Å²) in [5, 5.41) is 5.92. The second-order valence-corrected chi connectivity index (χ2v) is 4.23. The van der Waals surface area contributed by atoms with E-state index in [0.717, 1.165) is 5.56 Å². The van der Waals surface area contributed by atoms with Gasteiger partial charge in [-0.25, -0.2) is 4.79 Å². The molecule has 0 atom stereocenters. The summed E-state index contributed by atoms with van der Waals surface area (Å²) in [7, 11) is 0. The van der Waals surface area contributed by atoms with Gasteiger partial charge in [0.15, 0.2) is 0 Å². The van der Waals surface area contributed by atoms with Crippen LogP contribution in [-0.4, -0.2) is 6.03 Å². The highest BCUT2D eigenvalue weighted by molar-refractivity contribution is 6.33. The van der Waals surface area contributed by atoms with Gasteiger partial charge in [-0.15, -0.1) is 0 Å². The summed E-state index contributed by atoms with van der Waals surface area (Å²) in [6, 6.07) is 8.70. The van der Waals surface area contributed by atoms with E-state index in [9.17, 15) is 4.79 Å². The SMILES string of the molecule is Cc1cccc(Cl)c1NC(=O)NCc1ccco1. The van der Waals surface area contributed by atoms with Crippen molar-refractivity contribution in [2.24, 2.45) is 0 Å². The van der Waals surface area contributed by atoms with E-state index in [1.807, 2.05) is 19.1 Å². The molecule has 0 aliphatic heterocycles. The van der Waals surface area contributed by atoms with E-state index in [2.05, 4.69) is 10.6 Å². The monoisotopic (exact) mass is 264 g/mol. The number of halogens is 1. The first-order chi connectivity index (χ1) is 8.66. The van der Waals surface area contributed by atoms with Crippen LogP contribution in [0.5, 0.6) is 0 Å². The van der Waals surface area contributed by atoms with Crippen LogP contribution in [0.2, 0.25) is 5.02 Å². The molecule has 0 aliphatic carbocycles. The number of furan rings is 1. The van der Waals surface area contributed by atoms with Crippen molar-refractivity contribution >= 4 is 23.3 Å². The Morgan fingerprint density at radius 2 is 2.17 bits per heavy atom. The Kier molecular flexibility index (Phi) is 3.89. The van der Waals surface area contributed by atoms with Crippen LogP contribution in [0.1, 0.15) is 11.3 Å². The molecule has 1 heterocycles. The molecule has 1 aromatic heterocycles. The standard InChI is InChI=1S/C13H13ClN2O2/c1-9-4-2-6-11(14)12(9)16-13(17)15-8-10-5-3-7-18-10/h2-7H,8H2,1H3,(H2,15,16,17). The van der Waals surface area contributed by atoms with Gasteiger partial charge in [-0.1, -0.05) is 23.7 Å². The Bertz CT molecular complexity index is 518. The van der Waals surface area contributed by atoms with Gasteiger partial charge in [0.2, 0.25) is 0 Å². The highest BCUT2D eigenvalue weighted by atomic mass is 35.5. The average molecular weight is 265 g/mol. The molecule has 0 saturated heterocycles. The second kappa shape index (κ2) is 5.60. The molecule has 4 nitrogen and oxygen atoms in total. The van der Waals surface area contributed by atoms with Gasteiger partial charge in [-0.2, -0.15) is 0 Å². The van der Waals surface area contributed by atoms with Crippen LogP contribution in [0, 0.1) is 6.92 Å². The van der Waals surface area contributed by atoms with E-state index in [1.165, 1.54) is 0 Å². The molecule has 18 heavy (non-hydrogen) atoms. The number of carbonyl (C=O) groups is 1. The molecule has 0 unspecified atom stereocenters. The predicted octanol–water partition coefficient (Wildman–Crippen LogP) is 3.56. The first kappa shape index (κ1) is 12.5. The first-order valence-electron chi connectivity index (χ1n) is 5.49. The second-order valence-electron chi connectivity index (χ2n) is 3.82. The molecular formula is C13H13ClN2O2. The molecule has 2 aromatic rings. The number of amides is 2. The molecule has 0 bridgehead atoms. The van der Waals surface area contributed by atoms with E-state index in [0.29, 0.717) is 23.0 Å². The number of rotatable bonds is 3. The summed E-state index contributed by atoms with van der Waals surface area (Å²) in [5.41, 5.74) is 1.53. The third-order valence-electron chi connectivity index (χ3n) is 2.46. The average Bonchev–Trinajstić information content (AvgIpc) is 2.84. The molecule has 0 fully saturated rings. The normalized spacial score (nSPS) is 10.1. The third-order valence-corrected chi connectivity index (χ3v) is 2.78. The third kappa shape index (κ3) is 3.05. The predicted molar refractivity (Wildman–Crippen MR) is 70.8 cm³/mol. The molecule has 0 radical (unpaired) electrons. The summed E-state index contributed by atoms with van der Waals surface area (Å²) < 4.78 is 5.11. The van der Waals surface area contributed by atoms with Crippen molar-refractivity contribution in [1.29, 1.82) is 0 Å². The first-order valence-corrected chi connectivity index (χ1v) is 5.87. The van der Waals surface area contributed by atoms with E-state index < -0.39 is 0 Å². The molecule has 2 rings (SSSR count). The zero-order chi connectivity index (χ0) is 13.0. The van der Waals surface area contributed by atoms with Crippen molar-refractivity contribution in [3.8, 4) is 0 Å². The van der Waals surface area contributed by atoms with Crippen LogP contribution in [0.15, 0.2) is 41.0 Å². The zero-order valence-electron chi connectivity index (χ0n) is 9.87. The summed E-state index contributed by atoms with van der Waals surface area (Å²) in [5.74, 6) is 0.695. The minimum atomic E-state index is -0.317. The van der Waals surface area contributed by atoms with E-state index in [-0.39, 0.29) is 6.03 Å². The highest BCUT2D eigenvalue weighted by Gasteiger charge is 2.08. The maximum absolute atomic E-state index is 11.7. The summed E-state index contributed by atoms with van der Waals surface area (Å²) in [6.07, 6.45) is 1.56. The lowest BCUT2D eigenvalue weighted by atomic mass is 10.2. The Balaban J connectivity index is 1.95. The number of anilines is 1. The maximum Gasteiger partial charge on any atom is 0.319 e. The van der Waals surface area contributed by atoms with Gasteiger partial charge in [0, 0.05) is 0 Å². The van der Waals surface area contributed by atoms with Crippen LogP contribution in [0.4, 0.5) is 10.5 Å². The lowest BCUT2D eigenvalue weighted by Crippen LogP contribution is -2.28. The van der Waals surface area contributed by atoms with Gasteiger partial charge in [0.1, 0.15) is 5.76 Å².